The lowest BCUT2D eigenvalue weighted by atomic mass is 9.71. The molecule has 8 rings (SSSR count). The summed E-state index contributed by atoms with van der Waals surface area (Å²) in [6, 6.07) is 23.6. The lowest BCUT2D eigenvalue weighted by Crippen LogP contribution is -2.49. The number of hydrogen-bond donors (Lipinski definition) is 5. The van der Waals surface area contributed by atoms with E-state index < -0.39 is 71.3 Å². The molecule has 5 N–H and O–H groups in total. The molecule has 16 nitrogen and oxygen atoms in total. The van der Waals surface area contributed by atoms with Crippen molar-refractivity contribution in [2.75, 3.05) is 11.9 Å². The maximum Gasteiger partial charge on any atom is 0.514 e. The number of para-hydroxylation sites is 2. The lowest BCUT2D eigenvalue weighted by Gasteiger charge is -2.30. The molecular weight excluding hydrogens is 900 g/mol. The van der Waals surface area contributed by atoms with Gasteiger partial charge in [-0.25, -0.2) is 14.6 Å². The maximum atomic E-state index is 15.2. The van der Waals surface area contributed by atoms with Gasteiger partial charge in [0.25, 0.3) is 5.91 Å². The zero-order valence-electron chi connectivity index (χ0n) is 36.0. The summed E-state index contributed by atoms with van der Waals surface area (Å²) in [6.45, 7) is 8.02. The van der Waals surface area contributed by atoms with Crippen LogP contribution in [0.2, 0.25) is 0 Å². The van der Waals surface area contributed by atoms with Crippen LogP contribution in [0.4, 0.5) is 15.3 Å². The molecule has 1 spiro atoms. The highest BCUT2D eigenvalue weighted by atomic mass is 79.9. The summed E-state index contributed by atoms with van der Waals surface area (Å²) in [5, 5.41) is 11.9. The van der Waals surface area contributed by atoms with Crippen molar-refractivity contribution in [2.45, 2.75) is 70.7 Å². The van der Waals surface area contributed by atoms with E-state index in [4.69, 9.17) is 23.6 Å². The minimum Gasteiger partial charge on any atom is -0.445 e. The number of amides is 4. The Kier molecular flexibility index (Phi) is 12.1. The molecule has 4 bridgehead atoms. The van der Waals surface area contributed by atoms with Gasteiger partial charge in [-0.1, -0.05) is 86.6 Å². The summed E-state index contributed by atoms with van der Waals surface area (Å²) in [7, 11) is 0. The van der Waals surface area contributed by atoms with E-state index in [-0.39, 0.29) is 47.2 Å². The molecule has 17 heteroatoms. The van der Waals surface area contributed by atoms with Crippen molar-refractivity contribution in [3.63, 3.8) is 0 Å². The van der Waals surface area contributed by atoms with Crippen LogP contribution in [0.5, 0.6) is 5.75 Å². The highest BCUT2D eigenvalue weighted by molar-refractivity contribution is 9.10. The molecule has 2 aromatic heterocycles. The molecule has 4 aromatic carbocycles. The van der Waals surface area contributed by atoms with Gasteiger partial charge in [-0.3, -0.25) is 19.2 Å². The Morgan fingerprint density at radius 1 is 0.954 bits per heavy atom. The van der Waals surface area contributed by atoms with Gasteiger partial charge in [0.1, 0.15) is 30.0 Å². The molecule has 65 heavy (non-hydrogen) atoms. The molecule has 4 heterocycles. The van der Waals surface area contributed by atoms with Gasteiger partial charge < -0.3 is 44.9 Å². The Morgan fingerprint density at radius 2 is 1.71 bits per heavy atom. The van der Waals surface area contributed by atoms with E-state index in [0.29, 0.717) is 26.7 Å². The quantitative estimate of drug-likeness (QED) is 0.0535. The number of carbonyl (C=O) groups is 6. The van der Waals surface area contributed by atoms with Crippen molar-refractivity contribution in [2.24, 2.45) is 5.92 Å². The summed E-state index contributed by atoms with van der Waals surface area (Å²) in [5.41, 5.74) is -0.668. The number of H-pyrrole nitrogens is 1. The van der Waals surface area contributed by atoms with E-state index in [2.05, 4.69) is 42.2 Å². The summed E-state index contributed by atoms with van der Waals surface area (Å²) >= 11 is 3.56. The fraction of sp³-hybridized carbons (Fsp3) is 0.271. The van der Waals surface area contributed by atoms with Crippen LogP contribution in [0.15, 0.2) is 106 Å². The van der Waals surface area contributed by atoms with Crippen LogP contribution in [0.1, 0.15) is 95.4 Å². The number of carbonyl (C=O) groups excluding carboxylic acids is 6. The Bertz CT molecular complexity index is 2870. The monoisotopic (exact) mass is 944 g/mol. The Morgan fingerprint density at radius 3 is 2.46 bits per heavy atom. The number of halogens is 1. The number of oxazole rings is 1. The third-order valence-electron chi connectivity index (χ3n) is 11.0. The first-order valence-electron chi connectivity index (χ1n) is 20.8. The van der Waals surface area contributed by atoms with Crippen LogP contribution in [-0.4, -0.2) is 63.9 Å². The SMILES string of the molecule is CC(C)[C@@H]1NC(=O)[C@@H](NC(=O)OCc2ccccc2)Cc2ccc(OC(=O)OC(C)(C)C)c(c2)[C@]2(C(=O)Nc3c(Br)cccc32)c2oc1nc2C(=O)NCC(=O)c1c[nH]c2ccccc12. The predicted octanol–water partition coefficient (Wildman–Crippen LogP) is 7.80. The van der Waals surface area contributed by atoms with Crippen LogP contribution in [-0.2, 0) is 37.5 Å². The number of Topliss-reactive ketones (excluding diaryl/α,β-unsaturated/α-hetero) is 1. The van der Waals surface area contributed by atoms with Crippen LogP contribution < -0.4 is 26.0 Å². The Balaban J connectivity index is 1.30. The van der Waals surface area contributed by atoms with Crippen LogP contribution in [0.3, 0.4) is 0 Å². The summed E-state index contributed by atoms with van der Waals surface area (Å²) in [4.78, 5) is 92.6. The number of anilines is 1. The standard InChI is InChI=1S/C48H45BrN6O10/c1-25(2)37-43-54-39(42(58)51-23-35(56)29-22-50-33-17-10-9-14-28(29)33)40(64-43)48(30-15-11-16-32(49)38(30)55-44(48)59)31-20-27(18-19-36(31)63-46(61)65-47(3,4)5)21-34(41(57)53-37)52-45(60)62-24-26-12-7-6-8-13-26/h6-20,22,25,34,37,50H,21,23-24H2,1-5H3,(H,51,58)(H,52,60)(H,53,57)(H,55,59)/t34-,37-,48-/m0/s1. The molecule has 6 aromatic rings. The van der Waals surface area contributed by atoms with E-state index in [9.17, 15) is 24.0 Å². The van der Waals surface area contributed by atoms with E-state index >= 15 is 4.79 Å². The number of ether oxygens (including phenoxy) is 3. The van der Waals surface area contributed by atoms with Gasteiger partial charge in [0, 0.05) is 44.7 Å². The van der Waals surface area contributed by atoms with Gasteiger partial charge in [0.2, 0.25) is 17.7 Å². The zero-order valence-corrected chi connectivity index (χ0v) is 37.6. The molecule has 334 valence electrons. The van der Waals surface area contributed by atoms with Crippen molar-refractivity contribution in [3.05, 3.63) is 147 Å². The molecule has 2 aliphatic rings. The molecule has 0 radical (unpaired) electrons. The van der Waals surface area contributed by atoms with Crippen LogP contribution in [0, 0.1) is 5.92 Å². The fourth-order valence-corrected chi connectivity index (χ4v) is 8.46. The van der Waals surface area contributed by atoms with Crippen molar-refractivity contribution >= 4 is 68.3 Å². The van der Waals surface area contributed by atoms with Gasteiger partial charge in [-0.05, 0) is 71.9 Å². The van der Waals surface area contributed by atoms with Gasteiger partial charge in [0.05, 0.1) is 12.2 Å². The first kappa shape index (κ1) is 44.3. The van der Waals surface area contributed by atoms with E-state index in [0.717, 1.165) is 11.1 Å². The van der Waals surface area contributed by atoms with E-state index in [1.54, 1.807) is 108 Å². The normalized spacial score (nSPS) is 17.9. The number of alkyl carbamates (subject to hydrolysis) is 1. The number of aromatic nitrogens is 2. The molecule has 2 aliphatic heterocycles. The molecule has 0 aliphatic carbocycles. The highest BCUT2D eigenvalue weighted by Crippen LogP contribution is 2.54. The first-order chi connectivity index (χ1) is 31.0. The second kappa shape index (κ2) is 17.7. The highest BCUT2D eigenvalue weighted by Gasteiger charge is 2.57. The van der Waals surface area contributed by atoms with Gasteiger partial charge >= 0.3 is 12.2 Å². The second-order valence-corrected chi connectivity index (χ2v) is 17.9. The van der Waals surface area contributed by atoms with Crippen LogP contribution >= 0.6 is 15.9 Å². The molecule has 0 unspecified atom stereocenters. The van der Waals surface area contributed by atoms with Crippen molar-refractivity contribution in [3.8, 4) is 5.75 Å². The third kappa shape index (κ3) is 8.83. The zero-order chi connectivity index (χ0) is 46.2. The number of aromatic amines is 1. The Hall–Kier alpha value is -7.27. The topological polar surface area (TPSA) is 220 Å². The maximum absolute atomic E-state index is 15.2. The van der Waals surface area contributed by atoms with Crippen molar-refractivity contribution in [1.29, 1.82) is 0 Å². The number of nitrogens with one attached hydrogen (secondary N) is 5. The summed E-state index contributed by atoms with van der Waals surface area (Å²) < 4.78 is 24.1. The number of hydrogen-bond acceptors (Lipinski definition) is 11. The minimum absolute atomic E-state index is 0.00862. The van der Waals surface area contributed by atoms with E-state index in [1.165, 1.54) is 6.07 Å². The molecule has 0 saturated carbocycles. The second-order valence-electron chi connectivity index (χ2n) is 17.0. The number of rotatable bonds is 9. The Labute approximate surface area is 381 Å². The number of benzene rings is 4. The first-order valence-corrected chi connectivity index (χ1v) is 21.6. The number of ketones is 1. The summed E-state index contributed by atoms with van der Waals surface area (Å²) in [6.07, 6.45) is -0.553. The molecule has 3 atom stereocenters. The largest absolute Gasteiger partial charge is 0.514 e. The number of nitrogens with zero attached hydrogens (tertiary/aromatic N) is 1. The molecule has 0 fully saturated rings. The summed E-state index contributed by atoms with van der Waals surface area (Å²) in [5.74, 6) is -3.70. The molecule has 4 amide bonds. The van der Waals surface area contributed by atoms with E-state index in [1.807, 2.05) is 18.2 Å². The van der Waals surface area contributed by atoms with Gasteiger partial charge in [-0.2, -0.15) is 0 Å². The van der Waals surface area contributed by atoms with Gasteiger partial charge in [-0.15, -0.1) is 0 Å². The average molecular weight is 946 g/mol. The molecule has 0 saturated heterocycles. The van der Waals surface area contributed by atoms with Crippen molar-refractivity contribution < 1.29 is 47.4 Å². The number of fused-ring (bicyclic) bond motifs is 9. The third-order valence-corrected chi connectivity index (χ3v) is 11.7. The lowest BCUT2D eigenvalue weighted by molar-refractivity contribution is -0.124. The average Bonchev–Trinajstić information content (AvgIpc) is 3.98. The van der Waals surface area contributed by atoms with Crippen molar-refractivity contribution in [1.82, 2.24) is 25.9 Å². The smallest absolute Gasteiger partial charge is 0.445 e. The van der Waals surface area contributed by atoms with Gasteiger partial charge in [0.15, 0.2) is 22.7 Å². The predicted molar refractivity (Wildman–Crippen MR) is 240 cm³/mol. The van der Waals surface area contributed by atoms with Crippen LogP contribution in [0.25, 0.3) is 10.9 Å². The minimum atomic E-state index is -2.13. The fourth-order valence-electron chi connectivity index (χ4n) is 7.99. The molecular formula is C48H45BrN6O10.